The molecule has 1 amide bonds. The summed E-state index contributed by atoms with van der Waals surface area (Å²) in [6.45, 7) is 2.32. The number of fused-ring (bicyclic) bond motifs is 3. The Balaban J connectivity index is 1.23. The summed E-state index contributed by atoms with van der Waals surface area (Å²) in [5.74, 6) is -1.95. The third kappa shape index (κ3) is 5.55. The molecule has 0 spiro atoms. The molecular weight excluding hydrogens is 639 g/mol. The fourth-order valence-electron chi connectivity index (χ4n) is 5.04. The second-order valence-corrected chi connectivity index (χ2v) is 10.7. The van der Waals surface area contributed by atoms with Crippen molar-refractivity contribution in [1.29, 1.82) is 0 Å². The van der Waals surface area contributed by atoms with E-state index in [9.17, 15) is 22.8 Å². The van der Waals surface area contributed by atoms with Crippen LogP contribution in [0.4, 0.5) is 19.0 Å². The number of rotatable bonds is 10. The molecule has 0 saturated heterocycles. The summed E-state index contributed by atoms with van der Waals surface area (Å²) < 4.78 is 45.2. The Kier molecular flexibility index (Phi) is 7.57. The molecule has 2 N–H and O–H groups in total. The second kappa shape index (κ2) is 11.3. The molecular formula is C26H25BrF3N9O4. The molecule has 6 rings (SSSR count). The van der Waals surface area contributed by atoms with Gasteiger partial charge in [-0.15, -0.1) is 5.10 Å². The highest BCUT2D eigenvalue weighted by molar-refractivity contribution is 9.10. The van der Waals surface area contributed by atoms with E-state index in [0.29, 0.717) is 42.7 Å². The van der Waals surface area contributed by atoms with E-state index < -0.39 is 24.3 Å². The van der Waals surface area contributed by atoms with E-state index in [4.69, 9.17) is 4.52 Å². The number of alkyl halides is 3. The number of unbranched alkanes of at least 4 members (excludes halogenated alkanes) is 2. The number of nitrogens with one attached hydrogen (secondary N) is 2. The van der Waals surface area contributed by atoms with Gasteiger partial charge in [0.15, 0.2) is 10.6 Å². The number of amidine groups is 1. The van der Waals surface area contributed by atoms with Gasteiger partial charge in [-0.2, -0.15) is 18.2 Å². The number of hydroxylamine groups is 1. The standard InChI is InChI=1S/C26H25BrF3N9O4/c1-2-3-4-12-37-21-19(33-24(27)34-21)22(40)38-17(35-39(25(37)38)43-23(41)26(28,29)30)6-5-7-18-32-20(36-42-18)15-8-9-16-14(13-15)10-11-31-16/h8-11,13,25,31H,2-7,12H2,1H3,(H,33,34). The highest BCUT2D eigenvalue weighted by atomic mass is 79.9. The Morgan fingerprint density at radius 3 is 2.79 bits per heavy atom. The molecule has 0 fully saturated rings. The summed E-state index contributed by atoms with van der Waals surface area (Å²) in [6.07, 6.45) is -1.60. The van der Waals surface area contributed by atoms with Crippen LogP contribution < -0.4 is 4.90 Å². The Labute approximate surface area is 250 Å². The predicted molar refractivity (Wildman–Crippen MR) is 149 cm³/mol. The van der Waals surface area contributed by atoms with Crippen molar-refractivity contribution < 1.29 is 32.1 Å². The highest BCUT2D eigenvalue weighted by Gasteiger charge is 2.52. The molecule has 5 heterocycles. The van der Waals surface area contributed by atoms with Gasteiger partial charge in [0.25, 0.3) is 5.91 Å². The van der Waals surface area contributed by atoms with Gasteiger partial charge in [0.2, 0.25) is 18.0 Å². The summed E-state index contributed by atoms with van der Waals surface area (Å²) in [5.41, 5.74) is 1.89. The number of aryl methyl sites for hydroxylation is 1. The van der Waals surface area contributed by atoms with Crippen molar-refractivity contribution in [3.8, 4) is 11.4 Å². The molecule has 4 aromatic rings. The van der Waals surface area contributed by atoms with Gasteiger partial charge in [-0.3, -0.25) is 4.79 Å². The number of hydrogen-bond donors (Lipinski definition) is 2. The van der Waals surface area contributed by atoms with E-state index in [-0.39, 0.29) is 28.5 Å². The topological polar surface area (TPSA) is 149 Å². The molecule has 17 heteroatoms. The van der Waals surface area contributed by atoms with Crippen molar-refractivity contribution in [2.24, 2.45) is 5.10 Å². The van der Waals surface area contributed by atoms with Crippen LogP contribution in [0, 0.1) is 0 Å². The van der Waals surface area contributed by atoms with E-state index >= 15 is 0 Å². The minimum Gasteiger partial charge on any atom is -0.361 e. The third-order valence-electron chi connectivity index (χ3n) is 7.04. The quantitative estimate of drug-likeness (QED) is 0.221. The van der Waals surface area contributed by atoms with Crippen molar-refractivity contribution in [3.63, 3.8) is 0 Å². The van der Waals surface area contributed by atoms with Crippen LogP contribution in [0.1, 0.15) is 55.4 Å². The molecule has 13 nitrogen and oxygen atoms in total. The molecule has 0 aliphatic carbocycles. The molecule has 1 aromatic carbocycles. The molecule has 1 atom stereocenters. The fraction of sp³-hybridized carbons (Fsp3) is 0.385. The van der Waals surface area contributed by atoms with Crippen molar-refractivity contribution in [2.45, 2.75) is 57.9 Å². The summed E-state index contributed by atoms with van der Waals surface area (Å²) >= 11 is 3.24. The van der Waals surface area contributed by atoms with E-state index in [1.54, 1.807) is 4.90 Å². The number of carbonyl (C=O) groups excluding carboxylic acids is 2. The van der Waals surface area contributed by atoms with Gasteiger partial charge in [-0.1, -0.05) is 30.1 Å². The first-order valence-corrected chi connectivity index (χ1v) is 14.3. The number of hydrogen-bond acceptors (Lipinski definition) is 10. The number of nitrogens with zero attached hydrogens (tertiary/aromatic N) is 7. The molecule has 2 aliphatic rings. The first kappa shape index (κ1) is 28.7. The number of imidazole rings is 1. The van der Waals surface area contributed by atoms with Crippen LogP contribution in [0.5, 0.6) is 0 Å². The summed E-state index contributed by atoms with van der Waals surface area (Å²) in [7, 11) is 0. The lowest BCUT2D eigenvalue weighted by molar-refractivity contribution is -0.249. The van der Waals surface area contributed by atoms with E-state index in [1.165, 1.54) is 4.90 Å². The zero-order valence-electron chi connectivity index (χ0n) is 22.7. The van der Waals surface area contributed by atoms with Gasteiger partial charge in [0.1, 0.15) is 11.5 Å². The van der Waals surface area contributed by atoms with E-state index in [0.717, 1.165) is 29.3 Å². The Morgan fingerprint density at radius 2 is 2.00 bits per heavy atom. The molecule has 226 valence electrons. The number of anilines is 1. The number of benzene rings is 1. The first-order valence-electron chi connectivity index (χ1n) is 13.6. The molecule has 0 bridgehead atoms. The number of aromatic nitrogens is 5. The Hall–Kier alpha value is -4.41. The van der Waals surface area contributed by atoms with E-state index in [1.807, 2.05) is 37.4 Å². The van der Waals surface area contributed by atoms with Crippen LogP contribution >= 0.6 is 15.9 Å². The molecule has 3 aromatic heterocycles. The summed E-state index contributed by atoms with van der Waals surface area (Å²) in [6, 6.07) is 7.65. The minimum absolute atomic E-state index is 0.111. The maximum atomic E-state index is 13.6. The third-order valence-corrected chi connectivity index (χ3v) is 7.42. The maximum absolute atomic E-state index is 13.6. The minimum atomic E-state index is -5.27. The van der Waals surface area contributed by atoms with Crippen LogP contribution in [0.2, 0.25) is 0 Å². The van der Waals surface area contributed by atoms with E-state index in [2.05, 4.69) is 51.0 Å². The zero-order chi connectivity index (χ0) is 30.3. The second-order valence-electron chi connectivity index (χ2n) is 9.99. The van der Waals surface area contributed by atoms with Crippen LogP contribution in [0.3, 0.4) is 0 Å². The summed E-state index contributed by atoms with van der Waals surface area (Å²) in [5, 5.41) is 9.74. The number of H-pyrrole nitrogens is 2. The number of halogens is 4. The van der Waals surface area contributed by atoms with Gasteiger partial charge in [0.05, 0.1) is 0 Å². The van der Waals surface area contributed by atoms with Gasteiger partial charge < -0.3 is 24.2 Å². The molecule has 0 saturated carbocycles. The fourth-order valence-corrected chi connectivity index (χ4v) is 5.41. The lowest BCUT2D eigenvalue weighted by atomic mass is 10.1. The first-order chi connectivity index (χ1) is 20.6. The molecule has 2 aliphatic heterocycles. The summed E-state index contributed by atoms with van der Waals surface area (Å²) in [4.78, 5) is 47.7. The zero-order valence-corrected chi connectivity index (χ0v) is 24.3. The Morgan fingerprint density at radius 1 is 1.16 bits per heavy atom. The van der Waals surface area contributed by atoms with Crippen molar-refractivity contribution >= 4 is 50.4 Å². The normalized spacial score (nSPS) is 16.6. The highest BCUT2D eigenvalue weighted by Crippen LogP contribution is 2.37. The lowest BCUT2D eigenvalue weighted by Gasteiger charge is -2.40. The van der Waals surface area contributed by atoms with Gasteiger partial charge >= 0.3 is 12.1 Å². The van der Waals surface area contributed by atoms with Crippen LogP contribution in [0.25, 0.3) is 22.3 Å². The Bertz CT molecular complexity index is 1700. The predicted octanol–water partition coefficient (Wildman–Crippen LogP) is 5.11. The van der Waals surface area contributed by atoms with Gasteiger partial charge in [-0.25, -0.2) is 14.7 Å². The number of carbonyl (C=O) groups is 2. The number of amides is 1. The SMILES string of the molecule is CCCCCN1c2nc(Br)[nH]c2C(=O)N2C(CCCc3nc(-c4ccc5[nH]ccc5c4)no3)=NN(OC(=O)C(F)(F)F)C21. The number of hydrazone groups is 1. The maximum Gasteiger partial charge on any atom is 0.493 e. The lowest BCUT2D eigenvalue weighted by Crippen LogP contribution is -2.60. The van der Waals surface area contributed by atoms with Crippen LogP contribution in [-0.2, 0) is 16.1 Å². The monoisotopic (exact) mass is 663 g/mol. The van der Waals surface area contributed by atoms with Gasteiger partial charge in [-0.05, 0) is 53.0 Å². The largest absolute Gasteiger partial charge is 0.493 e. The van der Waals surface area contributed by atoms with Crippen LogP contribution in [-0.4, -0.2) is 71.9 Å². The molecule has 1 unspecified atom stereocenters. The van der Waals surface area contributed by atoms with Crippen molar-refractivity contribution in [2.75, 3.05) is 11.4 Å². The van der Waals surface area contributed by atoms with Gasteiger partial charge in [0, 0.05) is 42.0 Å². The molecule has 43 heavy (non-hydrogen) atoms. The smallest absolute Gasteiger partial charge is 0.361 e. The average Bonchev–Trinajstić information content (AvgIpc) is 3.76. The van der Waals surface area contributed by atoms with Crippen LogP contribution in [0.15, 0.2) is 44.8 Å². The van der Waals surface area contributed by atoms with Crippen molar-refractivity contribution in [3.05, 3.63) is 46.8 Å². The molecule has 0 radical (unpaired) electrons. The number of aromatic amines is 2. The van der Waals surface area contributed by atoms with Crippen molar-refractivity contribution in [1.82, 2.24) is 35.2 Å². The average molecular weight is 664 g/mol.